The molecule has 0 fully saturated rings. The number of hydrogen-bond donors (Lipinski definition) is 1. The molecule has 0 unspecified atom stereocenters. The molecule has 0 heterocycles. The van der Waals surface area contributed by atoms with Crippen LogP contribution in [0.2, 0.25) is 0 Å². The van der Waals surface area contributed by atoms with Crippen LogP contribution in [-0.4, -0.2) is 24.7 Å². The summed E-state index contributed by atoms with van der Waals surface area (Å²) in [7, 11) is 0. The van der Waals surface area contributed by atoms with Crippen molar-refractivity contribution in [2.45, 2.75) is 0 Å². The fraction of sp³-hybridized carbons (Fsp3) is 0.0357. The maximum atomic E-state index is 12.3. The minimum atomic E-state index is -0.529. The summed E-state index contributed by atoms with van der Waals surface area (Å²) in [6.45, 7) is -0.194. The van der Waals surface area contributed by atoms with Crippen LogP contribution in [-0.2, 0) is 9.59 Å². The lowest BCUT2D eigenvalue weighted by atomic mass is 10.1. The predicted octanol–water partition coefficient (Wildman–Crippen LogP) is 5.75. The van der Waals surface area contributed by atoms with Gasteiger partial charge in [-0.25, -0.2) is 10.2 Å². The van der Waals surface area contributed by atoms with Gasteiger partial charge in [-0.15, -0.1) is 0 Å². The maximum Gasteiger partial charge on any atom is 0.336 e. The van der Waals surface area contributed by atoms with Gasteiger partial charge >= 0.3 is 5.97 Å². The molecule has 1 N–H and O–H groups in total. The molecule has 6 nitrogen and oxygen atoms in total. The third-order valence-corrected chi connectivity index (χ3v) is 5.37. The van der Waals surface area contributed by atoms with Gasteiger partial charge < -0.3 is 9.47 Å². The number of amides is 1. The predicted molar refractivity (Wildman–Crippen MR) is 140 cm³/mol. The van der Waals surface area contributed by atoms with Crippen LogP contribution in [0.3, 0.4) is 0 Å². The second-order valence-corrected chi connectivity index (χ2v) is 8.35. The number of fused-ring (bicyclic) bond motifs is 1. The summed E-state index contributed by atoms with van der Waals surface area (Å²) >= 11 is 3.39. The average molecular weight is 529 g/mol. The highest BCUT2D eigenvalue weighted by Crippen LogP contribution is 2.22. The van der Waals surface area contributed by atoms with Crippen molar-refractivity contribution >= 4 is 50.9 Å². The van der Waals surface area contributed by atoms with E-state index in [0.29, 0.717) is 17.1 Å². The number of nitrogens with one attached hydrogen (secondary N) is 1. The zero-order valence-electron chi connectivity index (χ0n) is 18.6. The monoisotopic (exact) mass is 528 g/mol. The molecule has 0 aliphatic carbocycles. The molecule has 4 aromatic rings. The molecule has 1 amide bonds. The van der Waals surface area contributed by atoms with Gasteiger partial charge in [0.25, 0.3) is 5.91 Å². The maximum absolute atomic E-state index is 12.3. The standard InChI is InChI=1S/C28H21BrN2O4/c29-24-12-14-26(35-28(33)15-10-20-6-2-1-3-7-20)23(16-24)18-30-31-27(32)19-34-25-13-11-21-8-4-5-9-22(21)17-25/h1-18H,19H2,(H,31,32)/b15-10+,30-18-. The van der Waals surface area contributed by atoms with Crippen LogP contribution in [0, 0.1) is 0 Å². The largest absolute Gasteiger partial charge is 0.484 e. The lowest BCUT2D eigenvalue weighted by molar-refractivity contribution is -0.129. The first-order valence-electron chi connectivity index (χ1n) is 10.7. The number of esters is 1. The van der Waals surface area contributed by atoms with Crippen LogP contribution in [0.5, 0.6) is 11.5 Å². The molecule has 0 bridgehead atoms. The van der Waals surface area contributed by atoms with Crippen molar-refractivity contribution < 1.29 is 19.1 Å². The molecular formula is C28H21BrN2O4. The summed E-state index contributed by atoms with van der Waals surface area (Å²) < 4.78 is 11.8. The Kier molecular flexibility index (Phi) is 8.04. The van der Waals surface area contributed by atoms with Crippen molar-refractivity contribution in [2.24, 2.45) is 5.10 Å². The van der Waals surface area contributed by atoms with E-state index in [1.165, 1.54) is 12.3 Å². The van der Waals surface area contributed by atoms with E-state index < -0.39 is 11.9 Å². The Morgan fingerprint density at radius 3 is 2.49 bits per heavy atom. The lowest BCUT2D eigenvalue weighted by Gasteiger charge is -2.07. The van der Waals surface area contributed by atoms with E-state index in [0.717, 1.165) is 20.8 Å². The molecule has 7 heteroatoms. The summed E-state index contributed by atoms with van der Waals surface area (Å²) in [6.07, 6.45) is 4.43. The number of ether oxygens (including phenoxy) is 2. The molecule has 0 radical (unpaired) electrons. The van der Waals surface area contributed by atoms with Crippen LogP contribution < -0.4 is 14.9 Å². The van der Waals surface area contributed by atoms with Gasteiger partial charge in [0.05, 0.1) is 6.21 Å². The van der Waals surface area contributed by atoms with Gasteiger partial charge in [-0.3, -0.25) is 4.79 Å². The average Bonchev–Trinajstić information content (AvgIpc) is 2.88. The summed E-state index contributed by atoms with van der Waals surface area (Å²) in [5, 5.41) is 6.09. The minimum absolute atomic E-state index is 0.194. The van der Waals surface area contributed by atoms with E-state index in [4.69, 9.17) is 9.47 Å². The summed E-state index contributed by atoms with van der Waals surface area (Å²) in [6, 6.07) is 28.1. The Labute approximate surface area is 211 Å². The number of hydrazone groups is 1. The number of halogens is 1. The molecule has 0 aliphatic heterocycles. The fourth-order valence-electron chi connectivity index (χ4n) is 3.20. The minimum Gasteiger partial charge on any atom is -0.484 e. The molecule has 35 heavy (non-hydrogen) atoms. The fourth-order valence-corrected chi connectivity index (χ4v) is 3.57. The van der Waals surface area contributed by atoms with Gasteiger partial charge in [0.15, 0.2) is 6.61 Å². The highest BCUT2D eigenvalue weighted by molar-refractivity contribution is 9.10. The first-order valence-corrected chi connectivity index (χ1v) is 11.5. The SMILES string of the molecule is O=C(COc1ccc2ccccc2c1)N/N=C\c1cc(Br)ccc1OC(=O)/C=C/c1ccccc1. The van der Waals surface area contributed by atoms with Gasteiger partial charge in [-0.2, -0.15) is 5.10 Å². The van der Waals surface area contributed by atoms with E-state index in [2.05, 4.69) is 26.5 Å². The lowest BCUT2D eigenvalue weighted by Crippen LogP contribution is -2.24. The molecule has 174 valence electrons. The van der Waals surface area contributed by atoms with Gasteiger partial charge in [-0.05, 0) is 52.7 Å². The van der Waals surface area contributed by atoms with E-state index >= 15 is 0 Å². The first-order chi connectivity index (χ1) is 17.1. The third kappa shape index (κ3) is 7.12. The smallest absolute Gasteiger partial charge is 0.336 e. The van der Waals surface area contributed by atoms with Crippen molar-refractivity contribution in [3.63, 3.8) is 0 Å². The number of nitrogens with zero attached hydrogens (tertiary/aromatic N) is 1. The van der Waals surface area contributed by atoms with Crippen LogP contribution in [0.15, 0.2) is 107 Å². The number of carbonyl (C=O) groups excluding carboxylic acids is 2. The molecule has 0 saturated heterocycles. The summed E-state index contributed by atoms with van der Waals surface area (Å²) in [5.41, 5.74) is 3.82. The summed E-state index contributed by atoms with van der Waals surface area (Å²) in [4.78, 5) is 24.4. The van der Waals surface area contributed by atoms with Crippen molar-refractivity contribution in [1.82, 2.24) is 5.43 Å². The normalized spacial score (nSPS) is 11.1. The number of hydrogen-bond acceptors (Lipinski definition) is 5. The number of benzene rings is 4. The quantitative estimate of drug-likeness (QED) is 0.104. The van der Waals surface area contributed by atoms with E-state index in [1.807, 2.05) is 72.8 Å². The molecule has 0 aromatic heterocycles. The van der Waals surface area contributed by atoms with Crippen molar-refractivity contribution in [2.75, 3.05) is 6.61 Å². The van der Waals surface area contributed by atoms with Gasteiger partial charge in [0, 0.05) is 16.1 Å². The molecule has 0 atom stereocenters. The Balaban J connectivity index is 1.33. The molecule has 4 aromatic carbocycles. The van der Waals surface area contributed by atoms with Gasteiger partial charge in [0.1, 0.15) is 11.5 Å². The Bertz CT molecular complexity index is 1400. The zero-order valence-corrected chi connectivity index (χ0v) is 20.1. The van der Waals surface area contributed by atoms with E-state index in [9.17, 15) is 9.59 Å². The highest BCUT2D eigenvalue weighted by Gasteiger charge is 2.08. The topological polar surface area (TPSA) is 77.0 Å². The number of carbonyl (C=O) groups is 2. The van der Waals surface area contributed by atoms with Crippen LogP contribution in [0.1, 0.15) is 11.1 Å². The van der Waals surface area contributed by atoms with Crippen molar-refractivity contribution in [3.8, 4) is 11.5 Å². The van der Waals surface area contributed by atoms with E-state index in [1.54, 1.807) is 24.3 Å². The van der Waals surface area contributed by atoms with E-state index in [-0.39, 0.29) is 6.61 Å². The molecule has 0 aliphatic rings. The van der Waals surface area contributed by atoms with Crippen LogP contribution >= 0.6 is 15.9 Å². The Hall–Kier alpha value is -4.23. The Morgan fingerprint density at radius 1 is 0.886 bits per heavy atom. The number of rotatable bonds is 8. The molecular weight excluding hydrogens is 508 g/mol. The highest BCUT2D eigenvalue weighted by atomic mass is 79.9. The van der Waals surface area contributed by atoms with Crippen molar-refractivity contribution in [3.05, 3.63) is 113 Å². The third-order valence-electron chi connectivity index (χ3n) is 4.88. The summed E-state index contributed by atoms with van der Waals surface area (Å²) in [5.74, 6) is -0.0544. The first kappa shape index (κ1) is 23.9. The second-order valence-electron chi connectivity index (χ2n) is 7.44. The van der Waals surface area contributed by atoms with Crippen LogP contribution in [0.4, 0.5) is 0 Å². The Morgan fingerprint density at radius 2 is 1.66 bits per heavy atom. The van der Waals surface area contributed by atoms with Gasteiger partial charge in [0.2, 0.25) is 0 Å². The molecule has 4 rings (SSSR count). The molecule has 0 saturated carbocycles. The molecule has 0 spiro atoms. The van der Waals surface area contributed by atoms with Crippen molar-refractivity contribution in [1.29, 1.82) is 0 Å². The van der Waals surface area contributed by atoms with Crippen LogP contribution in [0.25, 0.3) is 16.8 Å². The van der Waals surface area contributed by atoms with Gasteiger partial charge in [-0.1, -0.05) is 76.6 Å². The zero-order chi connectivity index (χ0) is 24.5. The second kappa shape index (κ2) is 11.8.